The van der Waals surface area contributed by atoms with E-state index in [1.807, 2.05) is 19.2 Å². The van der Waals surface area contributed by atoms with Gasteiger partial charge in [0.2, 0.25) is 0 Å². The van der Waals surface area contributed by atoms with Gasteiger partial charge in [-0.3, -0.25) is 4.99 Å². The van der Waals surface area contributed by atoms with Crippen LogP contribution in [0.25, 0.3) is 0 Å². The van der Waals surface area contributed by atoms with Crippen LogP contribution in [-0.2, 0) is 11.3 Å². The Bertz CT molecular complexity index is 488. The zero-order valence-corrected chi connectivity index (χ0v) is 14.5. The molecule has 0 amide bonds. The Kier molecular flexibility index (Phi) is 7.20. The number of likely N-dealkylation sites (tertiary alicyclic amines) is 1. The van der Waals surface area contributed by atoms with E-state index in [0.717, 1.165) is 37.3 Å². The summed E-state index contributed by atoms with van der Waals surface area (Å²) in [5.41, 5.74) is 1.22. The first-order valence-electron chi connectivity index (χ1n) is 8.39. The summed E-state index contributed by atoms with van der Waals surface area (Å²) in [7, 11) is 3.53. The molecule has 0 aromatic heterocycles. The van der Waals surface area contributed by atoms with Crippen molar-refractivity contribution in [1.29, 1.82) is 0 Å². The molecule has 0 aliphatic carbocycles. The van der Waals surface area contributed by atoms with Crippen molar-refractivity contribution in [2.75, 3.05) is 40.5 Å². The molecular weight excluding hydrogens is 290 g/mol. The molecule has 1 heterocycles. The van der Waals surface area contributed by atoms with Crippen LogP contribution in [0.4, 0.5) is 0 Å². The lowest BCUT2D eigenvalue weighted by atomic mass is 10.0. The van der Waals surface area contributed by atoms with Crippen LogP contribution in [0, 0.1) is 5.92 Å². The van der Waals surface area contributed by atoms with E-state index in [-0.39, 0.29) is 0 Å². The number of methoxy groups -OCH3 is 1. The van der Waals surface area contributed by atoms with Gasteiger partial charge < -0.3 is 19.7 Å². The second-order valence-electron chi connectivity index (χ2n) is 6.08. The van der Waals surface area contributed by atoms with Crippen LogP contribution in [-0.4, -0.2) is 51.3 Å². The maximum Gasteiger partial charge on any atom is 0.193 e. The monoisotopic (exact) mass is 319 g/mol. The highest BCUT2D eigenvalue weighted by molar-refractivity contribution is 5.79. The van der Waals surface area contributed by atoms with Crippen LogP contribution in [0.15, 0.2) is 29.3 Å². The van der Waals surface area contributed by atoms with Gasteiger partial charge in [0, 0.05) is 33.8 Å². The first kappa shape index (κ1) is 17.6. The Hall–Kier alpha value is -1.75. The molecule has 0 spiro atoms. The van der Waals surface area contributed by atoms with Crippen molar-refractivity contribution in [2.45, 2.75) is 26.3 Å². The molecule has 1 unspecified atom stereocenters. The number of nitrogens with zero attached hydrogens (tertiary/aromatic N) is 2. The maximum atomic E-state index is 5.58. The minimum atomic E-state index is 0.577. The largest absolute Gasteiger partial charge is 0.491 e. The molecule has 0 radical (unpaired) electrons. The average molecular weight is 319 g/mol. The Morgan fingerprint density at radius 1 is 1.30 bits per heavy atom. The molecule has 1 saturated heterocycles. The molecule has 1 fully saturated rings. The number of aliphatic imine (C=N–C) groups is 1. The quantitative estimate of drug-likeness (QED) is 0.497. The van der Waals surface area contributed by atoms with Crippen molar-refractivity contribution in [2.24, 2.45) is 10.9 Å². The van der Waals surface area contributed by atoms with Gasteiger partial charge in [-0.05, 0) is 36.5 Å². The van der Waals surface area contributed by atoms with Gasteiger partial charge in [0.05, 0.1) is 6.61 Å². The van der Waals surface area contributed by atoms with Crippen molar-refractivity contribution in [1.82, 2.24) is 10.2 Å². The van der Waals surface area contributed by atoms with Gasteiger partial charge in [-0.1, -0.05) is 19.1 Å². The minimum absolute atomic E-state index is 0.577. The molecule has 1 aliphatic rings. The van der Waals surface area contributed by atoms with Gasteiger partial charge in [-0.15, -0.1) is 0 Å². The average Bonchev–Trinajstić information content (AvgIpc) is 2.57. The van der Waals surface area contributed by atoms with E-state index < -0.39 is 0 Å². The second-order valence-corrected chi connectivity index (χ2v) is 6.08. The molecule has 1 N–H and O–H groups in total. The van der Waals surface area contributed by atoms with Gasteiger partial charge in [0.25, 0.3) is 0 Å². The van der Waals surface area contributed by atoms with Crippen LogP contribution in [0.1, 0.15) is 25.3 Å². The Morgan fingerprint density at radius 2 is 2.09 bits per heavy atom. The van der Waals surface area contributed by atoms with Crippen molar-refractivity contribution >= 4 is 5.96 Å². The van der Waals surface area contributed by atoms with Crippen LogP contribution in [0.5, 0.6) is 5.75 Å². The summed E-state index contributed by atoms with van der Waals surface area (Å²) in [6.07, 6.45) is 2.56. The first-order valence-corrected chi connectivity index (χ1v) is 8.39. The Balaban J connectivity index is 1.81. The number of benzene rings is 1. The fraction of sp³-hybridized carbons (Fsp3) is 0.611. The summed E-state index contributed by atoms with van der Waals surface area (Å²) < 4.78 is 10.6. The third-order valence-electron chi connectivity index (χ3n) is 4.10. The number of hydrogen-bond donors (Lipinski definition) is 1. The van der Waals surface area contributed by atoms with Crippen molar-refractivity contribution < 1.29 is 9.47 Å². The van der Waals surface area contributed by atoms with Gasteiger partial charge in [0.1, 0.15) is 12.4 Å². The summed E-state index contributed by atoms with van der Waals surface area (Å²) in [5.74, 6) is 2.61. The second kappa shape index (κ2) is 9.40. The molecule has 5 heteroatoms. The van der Waals surface area contributed by atoms with Crippen LogP contribution in [0.3, 0.4) is 0 Å². The number of hydrogen-bond acceptors (Lipinski definition) is 3. The molecule has 0 bridgehead atoms. The van der Waals surface area contributed by atoms with Crippen molar-refractivity contribution in [3.05, 3.63) is 29.8 Å². The van der Waals surface area contributed by atoms with Crippen molar-refractivity contribution in [3.63, 3.8) is 0 Å². The van der Waals surface area contributed by atoms with Gasteiger partial charge in [-0.25, -0.2) is 0 Å². The predicted octanol–water partition coefficient (Wildman–Crippen LogP) is 2.52. The van der Waals surface area contributed by atoms with E-state index in [0.29, 0.717) is 13.2 Å². The Morgan fingerprint density at radius 3 is 2.74 bits per heavy atom. The molecule has 1 aromatic carbocycles. The van der Waals surface area contributed by atoms with E-state index in [4.69, 9.17) is 9.47 Å². The molecule has 1 aliphatic heterocycles. The molecule has 1 atom stereocenters. The number of guanidine groups is 1. The highest BCUT2D eigenvalue weighted by atomic mass is 16.5. The van der Waals surface area contributed by atoms with E-state index in [1.54, 1.807) is 7.11 Å². The maximum absolute atomic E-state index is 5.58. The number of ether oxygens (including phenoxy) is 2. The van der Waals surface area contributed by atoms with Crippen LogP contribution in [0.2, 0.25) is 0 Å². The van der Waals surface area contributed by atoms with E-state index in [1.165, 1.54) is 18.4 Å². The topological polar surface area (TPSA) is 46.1 Å². The third kappa shape index (κ3) is 5.75. The highest BCUT2D eigenvalue weighted by Gasteiger charge is 2.18. The smallest absolute Gasteiger partial charge is 0.193 e. The number of nitrogens with one attached hydrogen (secondary N) is 1. The van der Waals surface area contributed by atoms with Crippen LogP contribution < -0.4 is 10.1 Å². The zero-order valence-electron chi connectivity index (χ0n) is 14.5. The molecule has 23 heavy (non-hydrogen) atoms. The summed E-state index contributed by atoms with van der Waals surface area (Å²) in [5, 5.41) is 3.46. The number of rotatable bonds is 6. The minimum Gasteiger partial charge on any atom is -0.491 e. The van der Waals surface area contributed by atoms with Crippen LogP contribution >= 0.6 is 0 Å². The molecule has 1 aromatic rings. The molecule has 128 valence electrons. The Labute approximate surface area is 139 Å². The summed E-state index contributed by atoms with van der Waals surface area (Å²) in [6.45, 7) is 6.45. The van der Waals surface area contributed by atoms with Gasteiger partial charge in [-0.2, -0.15) is 0 Å². The summed E-state index contributed by atoms with van der Waals surface area (Å²) >= 11 is 0. The number of piperidine rings is 1. The molecule has 0 saturated carbocycles. The molecule has 5 nitrogen and oxygen atoms in total. The van der Waals surface area contributed by atoms with Gasteiger partial charge >= 0.3 is 0 Å². The normalized spacial score (nSPS) is 18.8. The van der Waals surface area contributed by atoms with E-state index in [2.05, 4.69) is 34.3 Å². The fourth-order valence-corrected chi connectivity index (χ4v) is 2.84. The highest BCUT2D eigenvalue weighted by Crippen LogP contribution is 2.16. The summed E-state index contributed by atoms with van der Waals surface area (Å²) in [4.78, 5) is 6.78. The first-order chi connectivity index (χ1) is 11.2. The molecular formula is C18H29N3O2. The third-order valence-corrected chi connectivity index (χ3v) is 4.10. The van der Waals surface area contributed by atoms with E-state index in [9.17, 15) is 0 Å². The SMILES string of the molecule is CN=C(NCc1ccc(OCCOC)cc1)N1CCCC(C)C1. The van der Waals surface area contributed by atoms with E-state index >= 15 is 0 Å². The zero-order chi connectivity index (χ0) is 16.5. The van der Waals surface area contributed by atoms with Gasteiger partial charge in [0.15, 0.2) is 5.96 Å². The predicted molar refractivity (Wildman–Crippen MR) is 94.0 cm³/mol. The standard InChI is InChI=1S/C18H29N3O2/c1-15-5-4-10-21(14-15)18(19-2)20-13-16-6-8-17(9-7-16)23-12-11-22-3/h6-9,15H,4-5,10-14H2,1-3H3,(H,19,20). The summed E-state index contributed by atoms with van der Waals surface area (Å²) in [6, 6.07) is 8.17. The fourth-order valence-electron chi connectivity index (χ4n) is 2.84. The lowest BCUT2D eigenvalue weighted by Gasteiger charge is -2.33. The molecule has 2 rings (SSSR count). The van der Waals surface area contributed by atoms with Crippen molar-refractivity contribution in [3.8, 4) is 5.75 Å². The lowest BCUT2D eigenvalue weighted by Crippen LogP contribution is -2.45. The lowest BCUT2D eigenvalue weighted by molar-refractivity contribution is 0.146.